The number of rotatable bonds is 7. The summed E-state index contributed by atoms with van der Waals surface area (Å²) in [4.78, 5) is 41.3. The van der Waals surface area contributed by atoms with Gasteiger partial charge in [0.1, 0.15) is 11.5 Å². The predicted octanol–water partition coefficient (Wildman–Crippen LogP) is 5.69. The fourth-order valence-corrected chi connectivity index (χ4v) is 6.40. The lowest BCUT2D eigenvalue weighted by Crippen LogP contribution is -2.33. The summed E-state index contributed by atoms with van der Waals surface area (Å²) in [6, 6.07) is 22.2. The van der Waals surface area contributed by atoms with E-state index in [4.69, 9.17) is 14.2 Å². The minimum Gasteiger partial charge on any atom is -0.497 e. The molecule has 4 atom stereocenters. The molecule has 3 aromatic carbocycles. The molecule has 2 bridgehead atoms. The number of methoxy groups -OCH3 is 2. The maximum atomic E-state index is 13.9. The molecule has 3 aromatic rings. The van der Waals surface area contributed by atoms with Crippen molar-refractivity contribution in [3.63, 3.8) is 0 Å². The molecule has 3 aliphatic rings. The Morgan fingerprint density at radius 1 is 0.683 bits per heavy atom. The first-order chi connectivity index (χ1) is 19.8. The van der Waals surface area contributed by atoms with E-state index in [1.807, 2.05) is 48.5 Å². The average Bonchev–Trinajstić information content (AvgIpc) is 3.62. The van der Waals surface area contributed by atoms with Crippen molar-refractivity contribution in [2.75, 3.05) is 19.1 Å². The summed E-state index contributed by atoms with van der Waals surface area (Å²) in [6.45, 7) is 3.57. The van der Waals surface area contributed by atoms with Crippen molar-refractivity contribution >= 4 is 29.0 Å². The van der Waals surface area contributed by atoms with Gasteiger partial charge in [-0.3, -0.25) is 9.59 Å². The predicted molar refractivity (Wildman–Crippen MR) is 155 cm³/mol. The maximum absolute atomic E-state index is 13.9. The number of ether oxygens (including phenoxy) is 3. The number of nitrogens with zero attached hydrogens (tertiary/aromatic N) is 1. The third kappa shape index (κ3) is 4.42. The van der Waals surface area contributed by atoms with Crippen molar-refractivity contribution in [2.45, 2.75) is 20.0 Å². The Kier molecular flexibility index (Phi) is 6.73. The highest BCUT2D eigenvalue weighted by Gasteiger charge is 2.62. The molecular formula is C34H31NO6. The van der Waals surface area contributed by atoms with Gasteiger partial charge < -0.3 is 14.2 Å². The first-order valence-electron chi connectivity index (χ1n) is 13.7. The maximum Gasteiger partial charge on any atom is 0.338 e. The summed E-state index contributed by atoms with van der Waals surface area (Å²) in [5.74, 6) is -0.732. The van der Waals surface area contributed by atoms with E-state index in [0.717, 1.165) is 33.8 Å². The molecule has 0 aromatic heterocycles. The number of fused-ring (bicyclic) bond motifs is 5. The van der Waals surface area contributed by atoms with E-state index in [0.29, 0.717) is 11.3 Å². The number of allylic oxidation sites excluding steroid dienone is 3. The van der Waals surface area contributed by atoms with Crippen molar-refractivity contribution in [1.82, 2.24) is 0 Å². The van der Waals surface area contributed by atoms with Crippen molar-refractivity contribution in [2.24, 2.45) is 23.7 Å². The topological polar surface area (TPSA) is 82.1 Å². The molecule has 6 rings (SSSR count). The van der Waals surface area contributed by atoms with E-state index in [1.165, 1.54) is 4.90 Å². The van der Waals surface area contributed by atoms with Crippen molar-refractivity contribution < 1.29 is 28.6 Å². The van der Waals surface area contributed by atoms with E-state index < -0.39 is 17.8 Å². The molecule has 0 unspecified atom stereocenters. The molecule has 7 heteroatoms. The van der Waals surface area contributed by atoms with Gasteiger partial charge in [0.25, 0.3) is 0 Å². The van der Waals surface area contributed by atoms with Crippen LogP contribution in [-0.2, 0) is 14.3 Å². The van der Waals surface area contributed by atoms with Gasteiger partial charge in [-0.05, 0) is 84.7 Å². The number of imide groups is 1. The van der Waals surface area contributed by atoms with Crippen LogP contribution in [0.15, 0.2) is 90.5 Å². The lowest BCUT2D eigenvalue weighted by atomic mass is 9.85. The van der Waals surface area contributed by atoms with Crippen LogP contribution < -0.4 is 14.4 Å². The third-order valence-electron chi connectivity index (χ3n) is 8.17. The molecule has 0 radical (unpaired) electrons. The van der Waals surface area contributed by atoms with Crippen LogP contribution in [0.25, 0.3) is 5.57 Å². The highest BCUT2D eigenvalue weighted by molar-refractivity contribution is 6.23. The Morgan fingerprint density at radius 3 is 1.54 bits per heavy atom. The molecular weight excluding hydrogens is 518 g/mol. The van der Waals surface area contributed by atoms with Gasteiger partial charge >= 0.3 is 5.97 Å². The summed E-state index contributed by atoms with van der Waals surface area (Å²) in [7, 11) is 3.27. The van der Waals surface area contributed by atoms with Gasteiger partial charge in [-0.2, -0.15) is 0 Å². The zero-order valence-electron chi connectivity index (χ0n) is 23.4. The lowest BCUT2D eigenvalue weighted by molar-refractivity contribution is -0.122. The SMILES string of the molecule is COc1ccc(C(=C2[C@H]3C=C[C@H]2[C@@H]2C(=O)N(c4ccc(C(=O)OC(C)C)cc4)C(=O)[C@H]23)c2ccc(OC)cc2)cc1. The number of hydrogen-bond donors (Lipinski definition) is 0. The monoisotopic (exact) mass is 549 g/mol. The number of carbonyl (C=O) groups is 3. The Labute approximate surface area is 239 Å². The van der Waals surface area contributed by atoms with Gasteiger partial charge in [0.15, 0.2) is 0 Å². The average molecular weight is 550 g/mol. The van der Waals surface area contributed by atoms with Crippen LogP contribution >= 0.6 is 0 Å². The number of hydrogen-bond acceptors (Lipinski definition) is 6. The second-order valence-corrected chi connectivity index (χ2v) is 10.8. The molecule has 1 saturated carbocycles. The second kappa shape index (κ2) is 10.4. The van der Waals surface area contributed by atoms with Gasteiger partial charge in [-0.25, -0.2) is 9.69 Å². The molecule has 1 aliphatic heterocycles. The summed E-state index contributed by atoms with van der Waals surface area (Å²) in [6.07, 6.45) is 3.91. The Bertz CT molecular complexity index is 1480. The number of benzene rings is 3. The molecule has 0 spiro atoms. The van der Waals surface area contributed by atoms with Gasteiger partial charge in [-0.1, -0.05) is 36.4 Å². The van der Waals surface area contributed by atoms with Gasteiger partial charge in [0.2, 0.25) is 11.8 Å². The van der Waals surface area contributed by atoms with E-state index in [9.17, 15) is 14.4 Å². The molecule has 2 fully saturated rings. The summed E-state index contributed by atoms with van der Waals surface area (Å²) >= 11 is 0. The van der Waals surface area contributed by atoms with Crippen molar-refractivity contribution in [1.29, 1.82) is 0 Å². The smallest absolute Gasteiger partial charge is 0.338 e. The molecule has 2 aliphatic carbocycles. The fraction of sp³-hybridized carbons (Fsp3) is 0.265. The first-order valence-corrected chi connectivity index (χ1v) is 13.7. The van der Waals surface area contributed by atoms with Crippen LogP contribution in [0.1, 0.15) is 35.3 Å². The minimum absolute atomic E-state index is 0.203. The Balaban J connectivity index is 1.38. The molecule has 208 valence electrons. The summed E-state index contributed by atoms with van der Waals surface area (Å²) < 4.78 is 16.0. The van der Waals surface area contributed by atoms with Crippen LogP contribution in [0.3, 0.4) is 0 Å². The number of amides is 2. The quantitative estimate of drug-likeness (QED) is 0.214. The first kappa shape index (κ1) is 26.6. The van der Waals surface area contributed by atoms with E-state index in [2.05, 4.69) is 12.2 Å². The van der Waals surface area contributed by atoms with Gasteiger partial charge in [0, 0.05) is 11.8 Å². The van der Waals surface area contributed by atoms with Gasteiger partial charge in [-0.15, -0.1) is 0 Å². The molecule has 1 saturated heterocycles. The highest BCUT2D eigenvalue weighted by Crippen LogP contribution is 2.59. The molecule has 2 amide bonds. The second-order valence-electron chi connectivity index (χ2n) is 10.8. The number of esters is 1. The lowest BCUT2D eigenvalue weighted by Gasteiger charge is -2.22. The van der Waals surface area contributed by atoms with Crippen LogP contribution in [0.2, 0.25) is 0 Å². The zero-order valence-corrected chi connectivity index (χ0v) is 23.4. The molecule has 7 nitrogen and oxygen atoms in total. The Morgan fingerprint density at radius 2 is 1.12 bits per heavy atom. The van der Waals surface area contributed by atoms with E-state index >= 15 is 0 Å². The molecule has 1 heterocycles. The summed E-state index contributed by atoms with van der Waals surface area (Å²) in [5, 5.41) is 0. The molecule has 41 heavy (non-hydrogen) atoms. The van der Waals surface area contributed by atoms with Crippen LogP contribution in [0.5, 0.6) is 11.5 Å². The van der Waals surface area contributed by atoms with E-state index in [1.54, 1.807) is 52.3 Å². The largest absolute Gasteiger partial charge is 0.497 e. The van der Waals surface area contributed by atoms with Gasteiger partial charge in [0.05, 0.1) is 43.4 Å². The molecule has 0 N–H and O–H groups in total. The standard InChI is InChI=1S/C34H31NO6/c1-19(2)41-34(38)22-5-11-23(12-6-22)35-32(36)30-26-17-18-27(31(30)33(35)37)29(26)28(20-7-13-24(39-3)14-8-20)21-9-15-25(40-4)16-10-21/h5-19,26-27,30-31H,1-4H3/t26-,27-,30+,31+/m1/s1. The summed E-state index contributed by atoms with van der Waals surface area (Å²) in [5.41, 5.74) is 4.92. The minimum atomic E-state index is -0.482. The van der Waals surface area contributed by atoms with Crippen LogP contribution in [-0.4, -0.2) is 38.1 Å². The Hall–Kier alpha value is -4.65. The van der Waals surface area contributed by atoms with Crippen LogP contribution in [0.4, 0.5) is 5.69 Å². The zero-order chi connectivity index (χ0) is 28.8. The van der Waals surface area contributed by atoms with E-state index in [-0.39, 0.29) is 29.8 Å². The number of anilines is 1. The fourth-order valence-electron chi connectivity index (χ4n) is 6.40. The number of carbonyl (C=O) groups excluding carboxylic acids is 3. The van der Waals surface area contributed by atoms with Crippen LogP contribution in [0, 0.1) is 23.7 Å². The highest BCUT2D eigenvalue weighted by atomic mass is 16.5. The van der Waals surface area contributed by atoms with Crippen molar-refractivity contribution in [3.05, 3.63) is 107 Å². The third-order valence-corrected chi connectivity index (χ3v) is 8.17. The van der Waals surface area contributed by atoms with Crippen molar-refractivity contribution in [3.8, 4) is 11.5 Å². The normalized spacial score (nSPS) is 22.4.